The third-order valence-corrected chi connectivity index (χ3v) is 10.0. The number of hydrogen-bond donors (Lipinski definition) is 2. The van der Waals surface area contributed by atoms with Gasteiger partial charge in [0.25, 0.3) is 0 Å². The van der Waals surface area contributed by atoms with Crippen LogP contribution in [0.25, 0.3) is 0 Å². The lowest BCUT2D eigenvalue weighted by molar-refractivity contribution is -0.119. The summed E-state index contributed by atoms with van der Waals surface area (Å²) in [6.45, 7) is 1.07. The average molecular weight is 641 g/mol. The number of carbonyl (C=O) groups excluding carboxylic acids is 1. The summed E-state index contributed by atoms with van der Waals surface area (Å²) in [6, 6.07) is 14.2. The van der Waals surface area contributed by atoms with Crippen molar-refractivity contribution in [3.8, 4) is 0 Å². The van der Waals surface area contributed by atoms with E-state index in [0.29, 0.717) is 24.7 Å². The van der Waals surface area contributed by atoms with Crippen LogP contribution in [-0.4, -0.2) is 55.2 Å². The molecule has 0 radical (unpaired) electrons. The van der Waals surface area contributed by atoms with Gasteiger partial charge < -0.3 is 11.1 Å². The van der Waals surface area contributed by atoms with E-state index in [1.165, 1.54) is 34.8 Å². The molecule has 1 saturated heterocycles. The van der Waals surface area contributed by atoms with Gasteiger partial charge in [0.2, 0.25) is 10.0 Å². The van der Waals surface area contributed by atoms with Gasteiger partial charge in [-0.15, -0.1) is 0 Å². The van der Waals surface area contributed by atoms with Gasteiger partial charge in [-0.05, 0) is 71.5 Å². The third-order valence-electron chi connectivity index (χ3n) is 8.04. The number of Topliss-reactive ketones (excluding diaryl/α,β-unsaturated/α-hetero) is 1. The lowest BCUT2D eigenvalue weighted by atomic mass is 9.82. The number of nitrogens with one attached hydrogen (secondary N) is 1. The van der Waals surface area contributed by atoms with Crippen LogP contribution in [-0.2, 0) is 27.7 Å². The minimum Gasteiger partial charge on any atom is -0.321 e. The van der Waals surface area contributed by atoms with E-state index in [1.807, 2.05) is 0 Å². The highest BCUT2D eigenvalue weighted by Crippen LogP contribution is 2.31. The molecule has 236 valence electrons. The van der Waals surface area contributed by atoms with Crippen molar-refractivity contribution in [2.75, 3.05) is 19.6 Å². The first kappa shape index (κ1) is 32.4. The number of benzene rings is 3. The summed E-state index contributed by atoms with van der Waals surface area (Å²) in [6.07, 6.45) is 2.41. The van der Waals surface area contributed by atoms with E-state index in [2.05, 4.69) is 10.3 Å². The smallest absolute Gasteiger partial charge is 0.243 e. The standard InChI is InChI=1S/C33H32F4N4O3S/c34-24-8-6-21(7-9-24)32(22-14-25(35)17-26(36)15-22)33(38)31(42)16-23-18-40-20-30(37)29(23)11-10-27-19-39-12-13-41(27)45(43,44)28-4-2-1-3-5-28/h1-9,14-15,17-18,20,27,32-33,39H,10-13,16,19,38H2/t27-,32-,33+/m0/s1. The van der Waals surface area contributed by atoms with E-state index in [1.54, 1.807) is 18.2 Å². The second-order valence-corrected chi connectivity index (χ2v) is 12.9. The van der Waals surface area contributed by atoms with Crippen molar-refractivity contribution >= 4 is 15.8 Å². The molecule has 3 aromatic carbocycles. The molecule has 0 bridgehead atoms. The summed E-state index contributed by atoms with van der Waals surface area (Å²) < 4.78 is 85.5. The first-order chi connectivity index (χ1) is 21.5. The lowest BCUT2D eigenvalue weighted by Crippen LogP contribution is -2.53. The monoisotopic (exact) mass is 640 g/mol. The number of halogens is 4. The molecule has 12 heteroatoms. The first-order valence-electron chi connectivity index (χ1n) is 14.4. The minimum atomic E-state index is -3.80. The zero-order valence-corrected chi connectivity index (χ0v) is 25.0. The van der Waals surface area contributed by atoms with E-state index >= 15 is 4.39 Å². The quantitative estimate of drug-likeness (QED) is 0.234. The lowest BCUT2D eigenvalue weighted by Gasteiger charge is -2.35. The van der Waals surface area contributed by atoms with Crippen molar-refractivity contribution in [3.05, 3.63) is 131 Å². The Morgan fingerprint density at radius 3 is 2.31 bits per heavy atom. The van der Waals surface area contributed by atoms with Crippen LogP contribution < -0.4 is 11.1 Å². The van der Waals surface area contributed by atoms with Gasteiger partial charge in [-0.2, -0.15) is 4.31 Å². The van der Waals surface area contributed by atoms with Crippen molar-refractivity contribution in [1.82, 2.24) is 14.6 Å². The number of ketones is 1. The second kappa shape index (κ2) is 14.0. The van der Waals surface area contributed by atoms with Crippen LogP contribution in [0.1, 0.15) is 34.6 Å². The van der Waals surface area contributed by atoms with Gasteiger partial charge in [0, 0.05) is 50.3 Å². The van der Waals surface area contributed by atoms with Crippen LogP contribution in [0.5, 0.6) is 0 Å². The Hall–Kier alpha value is -3.97. The van der Waals surface area contributed by atoms with E-state index in [4.69, 9.17) is 5.73 Å². The average Bonchev–Trinajstić information content (AvgIpc) is 3.02. The molecule has 1 aromatic heterocycles. The van der Waals surface area contributed by atoms with E-state index in [9.17, 15) is 26.4 Å². The predicted octanol–water partition coefficient (Wildman–Crippen LogP) is 4.50. The Balaban J connectivity index is 1.38. The summed E-state index contributed by atoms with van der Waals surface area (Å²) in [5, 5.41) is 3.20. The summed E-state index contributed by atoms with van der Waals surface area (Å²) in [5.74, 6) is -4.52. The third kappa shape index (κ3) is 7.47. The summed E-state index contributed by atoms with van der Waals surface area (Å²) in [7, 11) is -3.80. The van der Waals surface area contributed by atoms with Gasteiger partial charge in [0.05, 0.1) is 17.1 Å². The Labute approximate surface area is 259 Å². The Morgan fingerprint density at radius 1 is 0.933 bits per heavy atom. The molecule has 7 nitrogen and oxygen atoms in total. The molecule has 1 fully saturated rings. The molecule has 5 rings (SSSR count). The number of nitrogens with two attached hydrogens (primary N) is 1. The van der Waals surface area contributed by atoms with E-state index in [0.717, 1.165) is 30.5 Å². The highest BCUT2D eigenvalue weighted by Gasteiger charge is 2.34. The Bertz CT molecular complexity index is 1740. The summed E-state index contributed by atoms with van der Waals surface area (Å²) in [5.41, 5.74) is 7.34. The molecular weight excluding hydrogens is 608 g/mol. The van der Waals surface area contributed by atoms with Gasteiger partial charge in [-0.3, -0.25) is 9.78 Å². The molecule has 4 aromatic rings. The number of pyridine rings is 1. The predicted molar refractivity (Wildman–Crippen MR) is 161 cm³/mol. The number of sulfonamides is 1. The summed E-state index contributed by atoms with van der Waals surface area (Å²) >= 11 is 0. The van der Waals surface area contributed by atoms with Crippen LogP contribution >= 0.6 is 0 Å². The van der Waals surface area contributed by atoms with E-state index < -0.39 is 57.1 Å². The van der Waals surface area contributed by atoms with Crippen molar-refractivity contribution in [2.24, 2.45) is 5.73 Å². The molecule has 0 aliphatic carbocycles. The van der Waals surface area contributed by atoms with Gasteiger partial charge in [-0.25, -0.2) is 26.0 Å². The Kier molecular flexibility index (Phi) is 10.1. The highest BCUT2D eigenvalue weighted by molar-refractivity contribution is 7.89. The zero-order chi connectivity index (χ0) is 32.1. The van der Waals surface area contributed by atoms with Crippen molar-refractivity contribution < 1.29 is 30.8 Å². The van der Waals surface area contributed by atoms with Gasteiger partial charge in [0.15, 0.2) is 5.78 Å². The van der Waals surface area contributed by atoms with Crippen LogP contribution in [0.15, 0.2) is 90.1 Å². The molecular formula is C33H32F4N4O3S. The first-order valence-corrected chi connectivity index (χ1v) is 15.9. The van der Waals surface area contributed by atoms with Crippen LogP contribution in [0.4, 0.5) is 17.6 Å². The largest absolute Gasteiger partial charge is 0.321 e. The Morgan fingerprint density at radius 2 is 1.62 bits per heavy atom. The topological polar surface area (TPSA) is 105 Å². The molecule has 0 unspecified atom stereocenters. The van der Waals surface area contributed by atoms with Gasteiger partial charge >= 0.3 is 0 Å². The van der Waals surface area contributed by atoms with Crippen molar-refractivity contribution in [1.29, 1.82) is 0 Å². The van der Waals surface area contributed by atoms with Crippen LogP contribution in [0, 0.1) is 23.3 Å². The van der Waals surface area contributed by atoms with Crippen LogP contribution in [0.2, 0.25) is 0 Å². The van der Waals surface area contributed by atoms with Gasteiger partial charge in [-0.1, -0.05) is 30.3 Å². The minimum absolute atomic E-state index is 0.0852. The molecule has 0 spiro atoms. The SMILES string of the molecule is N[C@H](C(=O)Cc1cncc(F)c1CC[C@H]1CNCCN1S(=O)(=O)c1ccccc1)[C@@H](c1ccc(F)cc1)c1cc(F)cc(F)c1. The maximum Gasteiger partial charge on any atom is 0.243 e. The number of rotatable bonds is 11. The molecule has 0 saturated carbocycles. The second-order valence-electron chi connectivity index (χ2n) is 11.0. The molecule has 1 aliphatic heterocycles. The molecule has 45 heavy (non-hydrogen) atoms. The molecule has 2 heterocycles. The zero-order valence-electron chi connectivity index (χ0n) is 24.2. The number of carbonyl (C=O) groups is 1. The number of piperazine rings is 1. The molecule has 3 N–H and O–H groups in total. The molecule has 1 aliphatic rings. The fourth-order valence-corrected chi connectivity index (χ4v) is 7.48. The maximum absolute atomic E-state index is 15.2. The molecule has 0 amide bonds. The fourth-order valence-electron chi connectivity index (χ4n) is 5.80. The number of aromatic nitrogens is 1. The normalized spacial score (nSPS) is 17.1. The van der Waals surface area contributed by atoms with E-state index in [-0.39, 0.29) is 47.4 Å². The van der Waals surface area contributed by atoms with Crippen molar-refractivity contribution in [3.63, 3.8) is 0 Å². The number of nitrogens with zero attached hydrogens (tertiary/aromatic N) is 2. The highest BCUT2D eigenvalue weighted by atomic mass is 32.2. The maximum atomic E-state index is 15.2. The van der Waals surface area contributed by atoms with Gasteiger partial charge in [0.1, 0.15) is 23.3 Å². The number of hydrogen-bond acceptors (Lipinski definition) is 6. The van der Waals surface area contributed by atoms with Crippen LogP contribution in [0.3, 0.4) is 0 Å². The fraction of sp³-hybridized carbons (Fsp3) is 0.273. The van der Waals surface area contributed by atoms with Crippen molar-refractivity contribution in [2.45, 2.75) is 42.2 Å². The molecule has 3 atom stereocenters. The summed E-state index contributed by atoms with van der Waals surface area (Å²) in [4.78, 5) is 17.7.